The Hall–Kier alpha value is -1.39. The standard InChI is InChI=1S/C40H68O3S/c1-3-5-7-9-11-13-15-17-19-21-23-25-27-30-36-34-39-37(32-29-33-38(39)40(35-36)44(41,42)43)31-28-26-24-22-20-18-16-14-12-10-8-6-4-2/h29,32-35H,3-28,30-31H2,1-2H3,(H,41,42,43). The Morgan fingerprint density at radius 1 is 0.477 bits per heavy atom. The first-order valence-electron chi connectivity index (χ1n) is 19.0. The van der Waals surface area contributed by atoms with Gasteiger partial charge in [-0.1, -0.05) is 192 Å². The van der Waals surface area contributed by atoms with Gasteiger partial charge in [-0.25, -0.2) is 0 Å². The first-order chi connectivity index (χ1) is 21.5. The third kappa shape index (κ3) is 17.3. The highest BCUT2D eigenvalue weighted by molar-refractivity contribution is 7.86. The lowest BCUT2D eigenvalue weighted by molar-refractivity contribution is 0.484. The van der Waals surface area contributed by atoms with E-state index in [2.05, 4.69) is 26.0 Å². The molecule has 2 aromatic rings. The van der Waals surface area contributed by atoms with Crippen molar-refractivity contribution >= 4 is 20.9 Å². The molecule has 0 aliphatic heterocycles. The number of rotatable bonds is 29. The van der Waals surface area contributed by atoms with Crippen LogP contribution in [-0.2, 0) is 23.0 Å². The Kier molecular flexibility index (Phi) is 21.9. The van der Waals surface area contributed by atoms with E-state index in [1.54, 1.807) is 6.07 Å². The lowest BCUT2D eigenvalue weighted by atomic mass is 9.95. The van der Waals surface area contributed by atoms with Crippen molar-refractivity contribution in [2.24, 2.45) is 0 Å². The summed E-state index contributed by atoms with van der Waals surface area (Å²) in [5, 5.41) is 1.67. The van der Waals surface area contributed by atoms with Gasteiger partial charge >= 0.3 is 0 Å². The van der Waals surface area contributed by atoms with Crippen molar-refractivity contribution < 1.29 is 13.0 Å². The molecule has 44 heavy (non-hydrogen) atoms. The summed E-state index contributed by atoms with van der Waals surface area (Å²) in [6.07, 6.45) is 36.4. The molecule has 0 heterocycles. The maximum Gasteiger partial charge on any atom is 0.295 e. The molecule has 2 aromatic carbocycles. The van der Waals surface area contributed by atoms with Gasteiger partial charge in [-0.15, -0.1) is 0 Å². The van der Waals surface area contributed by atoms with Crippen molar-refractivity contribution in [2.45, 2.75) is 199 Å². The van der Waals surface area contributed by atoms with E-state index in [9.17, 15) is 13.0 Å². The minimum Gasteiger partial charge on any atom is -0.282 e. The molecule has 0 fully saturated rings. The molecule has 0 unspecified atom stereocenters. The van der Waals surface area contributed by atoms with Crippen molar-refractivity contribution in [1.82, 2.24) is 0 Å². The van der Waals surface area contributed by atoms with E-state index in [0.29, 0.717) is 5.39 Å². The van der Waals surface area contributed by atoms with Gasteiger partial charge in [-0.05, 0) is 48.3 Å². The SMILES string of the molecule is CCCCCCCCCCCCCCCc1cc(S(=O)(=O)O)c2cccc(CCCCCCCCCCCCCCC)c2c1. The van der Waals surface area contributed by atoms with Gasteiger partial charge in [0, 0.05) is 5.39 Å². The average Bonchev–Trinajstić information content (AvgIpc) is 3.01. The summed E-state index contributed by atoms with van der Waals surface area (Å²) in [6.45, 7) is 4.55. The Bertz CT molecular complexity index is 1090. The molecule has 3 nitrogen and oxygen atoms in total. The molecule has 252 valence electrons. The number of benzene rings is 2. The van der Waals surface area contributed by atoms with Crippen LogP contribution in [0.5, 0.6) is 0 Å². The van der Waals surface area contributed by atoms with Gasteiger partial charge in [0.15, 0.2) is 0 Å². The van der Waals surface area contributed by atoms with Crippen LogP contribution in [0.3, 0.4) is 0 Å². The molecule has 0 bridgehead atoms. The maximum absolute atomic E-state index is 12.3. The summed E-state index contributed by atoms with van der Waals surface area (Å²) < 4.78 is 34.7. The van der Waals surface area contributed by atoms with Gasteiger partial charge < -0.3 is 0 Å². The zero-order valence-electron chi connectivity index (χ0n) is 28.9. The molecular weight excluding hydrogens is 561 g/mol. The smallest absolute Gasteiger partial charge is 0.282 e. The van der Waals surface area contributed by atoms with Gasteiger partial charge in [0.05, 0.1) is 0 Å². The van der Waals surface area contributed by atoms with Crippen LogP contribution in [-0.4, -0.2) is 13.0 Å². The molecular formula is C40H68O3S. The predicted octanol–water partition coefficient (Wildman–Crippen LogP) is 13.4. The molecule has 1 N–H and O–H groups in total. The second-order valence-corrected chi connectivity index (χ2v) is 15.0. The predicted molar refractivity (Wildman–Crippen MR) is 193 cm³/mol. The second kappa shape index (κ2) is 24.8. The molecule has 2 rings (SSSR count). The Balaban J connectivity index is 1.72. The fourth-order valence-corrected chi connectivity index (χ4v) is 7.48. The minimum atomic E-state index is -4.27. The highest BCUT2D eigenvalue weighted by atomic mass is 32.2. The van der Waals surface area contributed by atoms with E-state index in [1.165, 1.54) is 160 Å². The number of unbranched alkanes of at least 4 members (excludes halogenated alkanes) is 24. The van der Waals surface area contributed by atoms with Crippen LogP contribution in [0.15, 0.2) is 35.2 Å². The normalized spacial score (nSPS) is 12.0. The zero-order valence-corrected chi connectivity index (χ0v) is 29.7. The minimum absolute atomic E-state index is 0.0758. The van der Waals surface area contributed by atoms with Crippen molar-refractivity contribution in [1.29, 1.82) is 0 Å². The van der Waals surface area contributed by atoms with Crippen molar-refractivity contribution in [3.8, 4) is 0 Å². The third-order valence-corrected chi connectivity index (χ3v) is 10.4. The molecule has 0 saturated heterocycles. The van der Waals surface area contributed by atoms with Crippen LogP contribution in [0.4, 0.5) is 0 Å². The van der Waals surface area contributed by atoms with Crippen LogP contribution in [0.1, 0.15) is 192 Å². The molecule has 0 radical (unpaired) electrons. The topological polar surface area (TPSA) is 54.4 Å². The molecule has 0 atom stereocenters. The average molecular weight is 629 g/mol. The van der Waals surface area contributed by atoms with Crippen LogP contribution in [0.25, 0.3) is 10.8 Å². The van der Waals surface area contributed by atoms with Crippen molar-refractivity contribution in [3.63, 3.8) is 0 Å². The lowest BCUT2D eigenvalue weighted by Crippen LogP contribution is -2.02. The first-order valence-corrected chi connectivity index (χ1v) is 20.4. The van der Waals surface area contributed by atoms with E-state index < -0.39 is 10.1 Å². The summed E-state index contributed by atoms with van der Waals surface area (Å²) in [5.74, 6) is 0. The van der Waals surface area contributed by atoms with Crippen molar-refractivity contribution in [3.05, 3.63) is 41.5 Å². The highest BCUT2D eigenvalue weighted by Gasteiger charge is 2.17. The molecule has 0 aliphatic rings. The number of aryl methyl sites for hydroxylation is 2. The second-order valence-electron chi connectivity index (χ2n) is 13.6. The summed E-state index contributed by atoms with van der Waals surface area (Å²) in [5.41, 5.74) is 2.24. The summed E-state index contributed by atoms with van der Waals surface area (Å²) in [7, 11) is -4.27. The van der Waals surface area contributed by atoms with Gasteiger partial charge in [-0.2, -0.15) is 8.42 Å². The van der Waals surface area contributed by atoms with Gasteiger partial charge in [-0.3, -0.25) is 4.55 Å². The quantitative estimate of drug-likeness (QED) is 0.0720. The van der Waals surface area contributed by atoms with Gasteiger partial charge in [0.2, 0.25) is 0 Å². The number of hydrogen-bond donors (Lipinski definition) is 1. The molecule has 4 heteroatoms. The highest BCUT2D eigenvalue weighted by Crippen LogP contribution is 2.30. The van der Waals surface area contributed by atoms with Gasteiger partial charge in [0.1, 0.15) is 4.90 Å². The Morgan fingerprint density at radius 2 is 0.864 bits per heavy atom. The monoisotopic (exact) mass is 628 g/mol. The first kappa shape index (κ1) is 38.8. The lowest BCUT2D eigenvalue weighted by Gasteiger charge is -2.13. The Morgan fingerprint density at radius 3 is 1.27 bits per heavy atom. The molecule has 0 aliphatic carbocycles. The van der Waals surface area contributed by atoms with E-state index in [4.69, 9.17) is 0 Å². The van der Waals surface area contributed by atoms with Crippen LogP contribution >= 0.6 is 0 Å². The summed E-state index contributed by atoms with van der Waals surface area (Å²) in [6, 6.07) is 9.85. The molecule has 0 spiro atoms. The van der Waals surface area contributed by atoms with E-state index >= 15 is 0 Å². The fraction of sp³-hybridized carbons (Fsp3) is 0.750. The summed E-state index contributed by atoms with van der Waals surface area (Å²) >= 11 is 0. The van der Waals surface area contributed by atoms with E-state index in [0.717, 1.165) is 36.6 Å². The van der Waals surface area contributed by atoms with E-state index in [1.807, 2.05) is 12.1 Å². The maximum atomic E-state index is 12.3. The molecule has 0 aromatic heterocycles. The van der Waals surface area contributed by atoms with Crippen LogP contribution in [0, 0.1) is 0 Å². The van der Waals surface area contributed by atoms with Crippen LogP contribution in [0.2, 0.25) is 0 Å². The number of hydrogen-bond acceptors (Lipinski definition) is 2. The zero-order chi connectivity index (χ0) is 31.7. The fourth-order valence-electron chi connectivity index (χ4n) is 6.73. The van der Waals surface area contributed by atoms with Crippen molar-refractivity contribution in [2.75, 3.05) is 0 Å². The number of fused-ring (bicyclic) bond motifs is 1. The largest absolute Gasteiger partial charge is 0.295 e. The molecule has 0 amide bonds. The van der Waals surface area contributed by atoms with Gasteiger partial charge in [0.25, 0.3) is 10.1 Å². The third-order valence-electron chi connectivity index (χ3n) is 9.50. The molecule has 0 saturated carbocycles. The van der Waals surface area contributed by atoms with E-state index in [-0.39, 0.29) is 4.90 Å². The van der Waals surface area contributed by atoms with Crippen LogP contribution < -0.4 is 0 Å². The summed E-state index contributed by atoms with van der Waals surface area (Å²) in [4.78, 5) is 0.0758. The Labute approximate surface area is 273 Å².